The third-order valence-electron chi connectivity index (χ3n) is 3.47. The molecule has 1 aromatic rings. The van der Waals surface area contributed by atoms with E-state index in [0.717, 1.165) is 48.8 Å². The molecule has 1 saturated heterocycles. The fourth-order valence-corrected chi connectivity index (χ4v) is 2.76. The van der Waals surface area contributed by atoms with Crippen LogP contribution in [0.3, 0.4) is 0 Å². The van der Waals surface area contributed by atoms with Crippen molar-refractivity contribution < 1.29 is 4.74 Å². The predicted molar refractivity (Wildman–Crippen MR) is 81.8 cm³/mol. The fraction of sp³-hybridized carbons (Fsp3) is 0.571. The highest BCUT2D eigenvalue weighted by molar-refractivity contribution is 7.80. The normalized spacial score (nSPS) is 19.5. The molecule has 4 nitrogen and oxygen atoms in total. The van der Waals surface area contributed by atoms with Crippen LogP contribution in [0.5, 0.6) is 0 Å². The van der Waals surface area contributed by atoms with Crippen LogP contribution in [0, 0.1) is 13.8 Å². The molecule has 0 saturated carbocycles. The van der Waals surface area contributed by atoms with Crippen LogP contribution in [0.2, 0.25) is 0 Å². The summed E-state index contributed by atoms with van der Waals surface area (Å²) in [7, 11) is 0. The Morgan fingerprint density at radius 3 is 2.95 bits per heavy atom. The second-order valence-corrected chi connectivity index (χ2v) is 5.43. The lowest BCUT2D eigenvalue weighted by Crippen LogP contribution is -2.43. The number of rotatable bonds is 3. The van der Waals surface area contributed by atoms with Crippen molar-refractivity contribution in [2.45, 2.75) is 33.3 Å². The zero-order valence-electron chi connectivity index (χ0n) is 11.8. The van der Waals surface area contributed by atoms with Crippen molar-refractivity contribution in [2.24, 2.45) is 5.73 Å². The number of hydrogen-bond acceptors (Lipinski definition) is 4. The van der Waals surface area contributed by atoms with E-state index in [1.807, 2.05) is 19.9 Å². The van der Waals surface area contributed by atoms with E-state index in [0.29, 0.717) is 4.99 Å². The highest BCUT2D eigenvalue weighted by Crippen LogP contribution is 2.25. The lowest BCUT2D eigenvalue weighted by atomic mass is 10.1. The van der Waals surface area contributed by atoms with Crippen LogP contribution >= 0.6 is 12.2 Å². The van der Waals surface area contributed by atoms with Crippen LogP contribution in [0.15, 0.2) is 6.07 Å². The number of morpholine rings is 1. The van der Waals surface area contributed by atoms with Gasteiger partial charge in [-0.1, -0.05) is 19.1 Å². The molecule has 2 heterocycles. The van der Waals surface area contributed by atoms with E-state index >= 15 is 0 Å². The Morgan fingerprint density at radius 1 is 1.58 bits per heavy atom. The molecule has 5 heteroatoms. The first-order chi connectivity index (χ1) is 9.02. The molecule has 0 spiro atoms. The Kier molecular flexibility index (Phi) is 4.37. The SMILES string of the molecule is CCC1CN(c2nc(C)cc(C)c2C(N)=S)CCO1. The van der Waals surface area contributed by atoms with Gasteiger partial charge in [-0.25, -0.2) is 4.98 Å². The van der Waals surface area contributed by atoms with E-state index in [1.54, 1.807) is 0 Å². The van der Waals surface area contributed by atoms with Crippen molar-refractivity contribution in [3.05, 3.63) is 22.9 Å². The average Bonchev–Trinajstić information content (AvgIpc) is 2.37. The molecule has 19 heavy (non-hydrogen) atoms. The van der Waals surface area contributed by atoms with Crippen molar-refractivity contribution >= 4 is 23.0 Å². The molecule has 0 amide bonds. The van der Waals surface area contributed by atoms with Gasteiger partial charge in [0, 0.05) is 18.8 Å². The predicted octanol–water partition coefficient (Wildman–Crippen LogP) is 1.95. The van der Waals surface area contributed by atoms with Crippen molar-refractivity contribution in [3.63, 3.8) is 0 Å². The Hall–Kier alpha value is -1.20. The molecular weight excluding hydrogens is 258 g/mol. The molecule has 1 aromatic heterocycles. The first-order valence-corrected chi connectivity index (χ1v) is 7.08. The number of nitrogens with zero attached hydrogens (tertiary/aromatic N) is 2. The van der Waals surface area contributed by atoms with E-state index in [2.05, 4.69) is 16.8 Å². The minimum absolute atomic E-state index is 0.260. The Morgan fingerprint density at radius 2 is 2.32 bits per heavy atom. The summed E-state index contributed by atoms with van der Waals surface area (Å²) in [5.74, 6) is 0.909. The summed E-state index contributed by atoms with van der Waals surface area (Å²) >= 11 is 5.19. The molecule has 1 aliphatic heterocycles. The molecular formula is C14H21N3OS. The maximum atomic E-state index is 5.87. The van der Waals surface area contributed by atoms with Gasteiger partial charge in [0.25, 0.3) is 0 Å². The Balaban J connectivity index is 2.40. The van der Waals surface area contributed by atoms with E-state index in [1.165, 1.54) is 0 Å². The largest absolute Gasteiger partial charge is 0.389 e. The molecule has 0 radical (unpaired) electrons. The fourth-order valence-electron chi connectivity index (χ4n) is 2.51. The highest BCUT2D eigenvalue weighted by atomic mass is 32.1. The maximum Gasteiger partial charge on any atom is 0.139 e. The summed E-state index contributed by atoms with van der Waals surface area (Å²) in [6, 6.07) is 2.02. The molecule has 0 aromatic carbocycles. The second-order valence-electron chi connectivity index (χ2n) is 4.99. The van der Waals surface area contributed by atoms with Crippen LogP contribution in [0.1, 0.15) is 30.2 Å². The summed E-state index contributed by atoms with van der Waals surface area (Å²) < 4.78 is 5.71. The zero-order chi connectivity index (χ0) is 14.0. The number of nitrogens with two attached hydrogens (primary N) is 1. The van der Waals surface area contributed by atoms with Gasteiger partial charge in [-0.05, 0) is 31.9 Å². The molecule has 1 fully saturated rings. The molecule has 1 aliphatic rings. The summed E-state index contributed by atoms with van der Waals surface area (Å²) in [6.45, 7) is 8.58. The summed E-state index contributed by atoms with van der Waals surface area (Å²) in [6.07, 6.45) is 1.26. The van der Waals surface area contributed by atoms with Crippen LogP contribution < -0.4 is 10.6 Å². The zero-order valence-corrected chi connectivity index (χ0v) is 12.6. The molecule has 0 aliphatic carbocycles. The third kappa shape index (κ3) is 3.04. The van der Waals surface area contributed by atoms with Gasteiger partial charge in [-0.3, -0.25) is 0 Å². The molecule has 0 bridgehead atoms. The number of hydrogen-bond donors (Lipinski definition) is 1. The van der Waals surface area contributed by atoms with Crippen molar-refractivity contribution in [1.29, 1.82) is 0 Å². The lowest BCUT2D eigenvalue weighted by molar-refractivity contribution is 0.0381. The van der Waals surface area contributed by atoms with E-state index < -0.39 is 0 Å². The summed E-state index contributed by atoms with van der Waals surface area (Å²) in [5.41, 5.74) is 8.86. The molecule has 1 unspecified atom stereocenters. The first-order valence-electron chi connectivity index (χ1n) is 6.67. The number of thiocarbonyl (C=S) groups is 1. The minimum Gasteiger partial charge on any atom is -0.389 e. The lowest BCUT2D eigenvalue weighted by Gasteiger charge is -2.34. The number of aryl methyl sites for hydroxylation is 2. The van der Waals surface area contributed by atoms with Gasteiger partial charge in [0.1, 0.15) is 10.8 Å². The van der Waals surface area contributed by atoms with Crippen LogP contribution in [-0.2, 0) is 4.74 Å². The minimum atomic E-state index is 0.260. The second kappa shape index (κ2) is 5.84. The molecule has 1 atom stereocenters. The van der Waals surface area contributed by atoms with Crippen molar-refractivity contribution in [1.82, 2.24) is 4.98 Å². The number of aromatic nitrogens is 1. The first kappa shape index (κ1) is 14.2. The number of ether oxygens (including phenoxy) is 1. The standard InChI is InChI=1S/C14H21N3OS/c1-4-11-8-17(5-6-18-11)14-12(13(15)19)9(2)7-10(3)16-14/h7,11H,4-6,8H2,1-3H3,(H2,15,19). The number of pyridine rings is 1. The summed E-state index contributed by atoms with van der Waals surface area (Å²) in [5, 5.41) is 0. The van der Waals surface area contributed by atoms with Crippen molar-refractivity contribution in [2.75, 3.05) is 24.6 Å². The van der Waals surface area contributed by atoms with Gasteiger partial charge in [0.2, 0.25) is 0 Å². The van der Waals surface area contributed by atoms with Crippen LogP contribution in [0.4, 0.5) is 5.82 Å². The number of anilines is 1. The Labute approximate surface area is 120 Å². The quantitative estimate of drug-likeness (QED) is 0.857. The van der Waals surface area contributed by atoms with E-state index in [9.17, 15) is 0 Å². The van der Waals surface area contributed by atoms with Gasteiger partial charge in [0.05, 0.1) is 18.3 Å². The van der Waals surface area contributed by atoms with Gasteiger partial charge in [-0.2, -0.15) is 0 Å². The molecule has 2 N–H and O–H groups in total. The van der Waals surface area contributed by atoms with Gasteiger partial charge < -0.3 is 15.4 Å². The Bertz CT molecular complexity index is 490. The van der Waals surface area contributed by atoms with Gasteiger partial charge in [0.15, 0.2) is 0 Å². The molecule has 104 valence electrons. The molecule has 2 rings (SSSR count). The van der Waals surface area contributed by atoms with Gasteiger partial charge >= 0.3 is 0 Å². The van der Waals surface area contributed by atoms with Gasteiger partial charge in [-0.15, -0.1) is 0 Å². The van der Waals surface area contributed by atoms with E-state index in [4.69, 9.17) is 22.7 Å². The van der Waals surface area contributed by atoms with Crippen molar-refractivity contribution in [3.8, 4) is 0 Å². The third-order valence-corrected chi connectivity index (χ3v) is 3.67. The summed E-state index contributed by atoms with van der Waals surface area (Å²) in [4.78, 5) is 7.31. The maximum absolute atomic E-state index is 5.87. The highest BCUT2D eigenvalue weighted by Gasteiger charge is 2.24. The van der Waals surface area contributed by atoms with Crippen LogP contribution in [0.25, 0.3) is 0 Å². The topological polar surface area (TPSA) is 51.4 Å². The average molecular weight is 279 g/mol. The smallest absolute Gasteiger partial charge is 0.139 e. The van der Waals surface area contributed by atoms with E-state index in [-0.39, 0.29) is 6.10 Å². The monoisotopic (exact) mass is 279 g/mol. The van der Waals surface area contributed by atoms with Crippen LogP contribution in [-0.4, -0.2) is 35.8 Å².